The first-order valence-corrected chi connectivity index (χ1v) is 15.9. The van der Waals surface area contributed by atoms with Gasteiger partial charge in [0.15, 0.2) is 9.84 Å². The molecule has 4 aromatic carbocycles. The highest BCUT2D eigenvalue weighted by Crippen LogP contribution is 2.41. The van der Waals surface area contributed by atoms with E-state index < -0.39 is 9.84 Å². The zero-order valence-electron chi connectivity index (χ0n) is 23.8. The summed E-state index contributed by atoms with van der Waals surface area (Å²) in [5.41, 5.74) is 1.61. The van der Waals surface area contributed by atoms with E-state index in [1.54, 1.807) is 36.4 Å². The van der Waals surface area contributed by atoms with Gasteiger partial charge in [-0.3, -0.25) is 9.69 Å². The van der Waals surface area contributed by atoms with Crippen molar-refractivity contribution < 1.29 is 32.5 Å². The lowest BCUT2D eigenvalue weighted by molar-refractivity contribution is -0.141. The molecule has 0 amide bonds. The van der Waals surface area contributed by atoms with Gasteiger partial charge in [0.2, 0.25) is 0 Å². The van der Waals surface area contributed by atoms with Crippen LogP contribution in [0.2, 0.25) is 0 Å². The number of benzene rings is 4. The number of ether oxygens (including phenoxy) is 3. The Kier molecular flexibility index (Phi) is 8.99. The van der Waals surface area contributed by atoms with Crippen molar-refractivity contribution in [3.05, 3.63) is 78.9 Å². The lowest BCUT2D eigenvalue weighted by Crippen LogP contribution is -2.53. The summed E-state index contributed by atoms with van der Waals surface area (Å²) in [6, 6.07) is 23.2. The van der Waals surface area contributed by atoms with Gasteiger partial charge in [0, 0.05) is 37.2 Å². The molecular weight excluding hydrogens is 554 g/mol. The zero-order valence-corrected chi connectivity index (χ0v) is 24.6. The van der Waals surface area contributed by atoms with Crippen LogP contribution < -0.4 is 9.47 Å². The molecular formula is C33H35NO7S. The molecule has 42 heavy (non-hydrogen) atoms. The molecule has 0 unspecified atom stereocenters. The number of sulfone groups is 1. The summed E-state index contributed by atoms with van der Waals surface area (Å²) >= 11 is 0. The molecule has 0 bridgehead atoms. The second kappa shape index (κ2) is 12.8. The average Bonchev–Trinajstić information content (AvgIpc) is 2.93. The van der Waals surface area contributed by atoms with Gasteiger partial charge in [0.1, 0.15) is 29.1 Å². The largest absolute Gasteiger partial charge is 0.508 e. The van der Waals surface area contributed by atoms with E-state index in [1.807, 2.05) is 42.5 Å². The summed E-state index contributed by atoms with van der Waals surface area (Å²) in [5.74, 6) is 1.94. The average molecular weight is 590 g/mol. The predicted molar refractivity (Wildman–Crippen MR) is 162 cm³/mol. The molecule has 4 aromatic rings. The van der Waals surface area contributed by atoms with Crippen LogP contribution in [0.25, 0.3) is 21.9 Å². The van der Waals surface area contributed by atoms with E-state index in [0.717, 1.165) is 66.5 Å². The highest BCUT2D eigenvalue weighted by atomic mass is 32.2. The maximum absolute atomic E-state index is 11.9. The number of hydrogen-bond donors (Lipinski definition) is 1. The predicted octanol–water partition coefficient (Wildman–Crippen LogP) is 6.20. The molecule has 9 heteroatoms. The molecule has 0 atom stereocenters. The van der Waals surface area contributed by atoms with Gasteiger partial charge in [-0.25, -0.2) is 8.42 Å². The van der Waals surface area contributed by atoms with Gasteiger partial charge in [-0.05, 0) is 97.4 Å². The Hall–Kier alpha value is -4.08. The normalized spacial score (nSPS) is 14.0. The van der Waals surface area contributed by atoms with Crippen LogP contribution in [-0.4, -0.2) is 63.0 Å². The number of rotatable bonds is 12. The first-order chi connectivity index (χ1) is 20.2. The van der Waals surface area contributed by atoms with E-state index >= 15 is 0 Å². The van der Waals surface area contributed by atoms with Crippen molar-refractivity contribution in [3.63, 3.8) is 0 Å². The quantitative estimate of drug-likeness (QED) is 0.154. The number of esters is 1. The first-order valence-electron chi connectivity index (χ1n) is 14.0. The van der Waals surface area contributed by atoms with Crippen LogP contribution in [0.3, 0.4) is 0 Å². The van der Waals surface area contributed by atoms with Crippen molar-refractivity contribution in [2.75, 3.05) is 32.5 Å². The number of carbonyl (C=O) groups excluding carboxylic acids is 1. The molecule has 220 valence electrons. The van der Waals surface area contributed by atoms with Gasteiger partial charge in [-0.1, -0.05) is 18.2 Å². The van der Waals surface area contributed by atoms with Gasteiger partial charge >= 0.3 is 5.97 Å². The van der Waals surface area contributed by atoms with Crippen LogP contribution in [0.15, 0.2) is 83.8 Å². The standard InChI is InChI=1S/C33H35NO7S/c1-23(35)39-19-5-3-4-18-34-21-29(22-34)40-27-10-12-28(13-11-27)41-33-31(16-8-25-20-26(36)9-17-32(25)33)24-6-14-30(15-7-24)42(2,37)38/h6-17,20,29,36H,3-5,18-19,21-22H2,1-2H3. The van der Waals surface area contributed by atoms with Crippen molar-refractivity contribution in [3.8, 4) is 34.1 Å². The second-order valence-corrected chi connectivity index (χ2v) is 12.6. The number of aromatic hydroxyl groups is 1. The number of hydrogen-bond acceptors (Lipinski definition) is 8. The summed E-state index contributed by atoms with van der Waals surface area (Å²) in [5, 5.41) is 11.6. The van der Waals surface area contributed by atoms with E-state index in [9.17, 15) is 18.3 Å². The van der Waals surface area contributed by atoms with E-state index in [1.165, 1.54) is 13.2 Å². The van der Waals surface area contributed by atoms with Crippen molar-refractivity contribution >= 4 is 26.6 Å². The summed E-state index contributed by atoms with van der Waals surface area (Å²) in [6.45, 7) is 4.69. The molecule has 0 aliphatic carbocycles. The number of carbonyl (C=O) groups is 1. The Morgan fingerprint density at radius 2 is 1.62 bits per heavy atom. The molecule has 1 saturated heterocycles. The van der Waals surface area contributed by atoms with Gasteiger partial charge in [-0.2, -0.15) is 0 Å². The number of unbranched alkanes of at least 4 members (excludes halogenated alkanes) is 2. The third-order valence-electron chi connectivity index (χ3n) is 7.24. The van der Waals surface area contributed by atoms with Gasteiger partial charge < -0.3 is 19.3 Å². The second-order valence-electron chi connectivity index (χ2n) is 10.6. The number of phenols is 1. The molecule has 1 fully saturated rings. The van der Waals surface area contributed by atoms with Crippen LogP contribution >= 0.6 is 0 Å². The Balaban J connectivity index is 1.23. The molecule has 0 radical (unpaired) electrons. The minimum absolute atomic E-state index is 0.144. The molecule has 1 heterocycles. The van der Waals surface area contributed by atoms with Crippen LogP contribution in [0, 0.1) is 0 Å². The fourth-order valence-corrected chi connectivity index (χ4v) is 5.64. The van der Waals surface area contributed by atoms with Crippen molar-refractivity contribution in [1.82, 2.24) is 4.90 Å². The van der Waals surface area contributed by atoms with Crippen LogP contribution in [0.1, 0.15) is 26.2 Å². The van der Waals surface area contributed by atoms with Crippen LogP contribution in [0.5, 0.6) is 23.0 Å². The molecule has 1 N–H and O–H groups in total. The molecule has 0 spiro atoms. The lowest BCUT2D eigenvalue weighted by Gasteiger charge is -2.39. The number of likely N-dealkylation sites (tertiary alicyclic amines) is 1. The highest BCUT2D eigenvalue weighted by molar-refractivity contribution is 7.90. The van der Waals surface area contributed by atoms with Gasteiger partial charge in [-0.15, -0.1) is 0 Å². The summed E-state index contributed by atoms with van der Waals surface area (Å²) < 4.78 is 41.4. The van der Waals surface area contributed by atoms with Crippen molar-refractivity contribution in [2.45, 2.75) is 37.2 Å². The fourth-order valence-electron chi connectivity index (χ4n) is 5.01. The monoisotopic (exact) mass is 589 g/mol. The molecule has 8 nitrogen and oxygen atoms in total. The van der Waals surface area contributed by atoms with E-state index in [2.05, 4.69) is 4.90 Å². The van der Waals surface area contributed by atoms with E-state index in [4.69, 9.17) is 14.2 Å². The number of fused-ring (bicyclic) bond motifs is 1. The van der Waals surface area contributed by atoms with Gasteiger partial charge in [0.25, 0.3) is 0 Å². The third kappa shape index (κ3) is 7.40. The SMILES string of the molecule is CC(=O)OCCCCCN1CC(Oc2ccc(Oc3c(-c4ccc(S(C)(=O)=O)cc4)ccc4cc(O)ccc34)cc2)C1. The Bertz CT molecular complexity index is 1640. The maximum atomic E-state index is 11.9. The minimum atomic E-state index is -3.31. The molecule has 1 aliphatic rings. The minimum Gasteiger partial charge on any atom is -0.508 e. The summed E-state index contributed by atoms with van der Waals surface area (Å²) in [6.07, 6.45) is 4.32. The van der Waals surface area contributed by atoms with Crippen molar-refractivity contribution in [1.29, 1.82) is 0 Å². The molecule has 0 saturated carbocycles. The zero-order chi connectivity index (χ0) is 29.7. The Morgan fingerprint density at radius 1 is 0.905 bits per heavy atom. The van der Waals surface area contributed by atoms with Crippen molar-refractivity contribution in [2.24, 2.45) is 0 Å². The summed E-state index contributed by atoms with van der Waals surface area (Å²) in [4.78, 5) is 13.4. The van der Waals surface area contributed by atoms with E-state index in [0.29, 0.717) is 18.1 Å². The Labute approximate surface area is 246 Å². The highest BCUT2D eigenvalue weighted by Gasteiger charge is 2.27. The fraction of sp³-hybridized carbons (Fsp3) is 0.303. The smallest absolute Gasteiger partial charge is 0.302 e. The Morgan fingerprint density at radius 3 is 2.31 bits per heavy atom. The topological polar surface area (TPSA) is 102 Å². The molecule has 5 rings (SSSR count). The number of nitrogens with zero attached hydrogens (tertiary/aromatic N) is 1. The maximum Gasteiger partial charge on any atom is 0.302 e. The number of phenolic OH excluding ortho intramolecular Hbond substituents is 1. The van der Waals surface area contributed by atoms with Crippen LogP contribution in [0.4, 0.5) is 0 Å². The lowest BCUT2D eigenvalue weighted by atomic mass is 9.99. The molecule has 1 aliphatic heterocycles. The van der Waals surface area contributed by atoms with Gasteiger partial charge in [0.05, 0.1) is 11.5 Å². The molecule has 0 aromatic heterocycles. The van der Waals surface area contributed by atoms with E-state index in [-0.39, 0.29) is 22.7 Å². The first kappa shape index (κ1) is 29.4. The summed E-state index contributed by atoms with van der Waals surface area (Å²) in [7, 11) is -3.31. The third-order valence-corrected chi connectivity index (χ3v) is 8.37. The van der Waals surface area contributed by atoms with Crippen LogP contribution in [-0.2, 0) is 19.4 Å².